The molecule has 34 heavy (non-hydrogen) atoms. The molecule has 1 unspecified atom stereocenters. The fourth-order valence-corrected chi connectivity index (χ4v) is 4.02. The molecule has 0 radical (unpaired) electrons. The lowest BCUT2D eigenvalue weighted by Gasteiger charge is -2.15. The largest absolute Gasteiger partial charge is 0.494 e. The maximum Gasteiger partial charge on any atom is 0.246 e. The molecule has 4 aromatic rings. The number of hydrogen-bond donors (Lipinski definition) is 2. The van der Waals surface area contributed by atoms with E-state index in [1.165, 1.54) is 12.1 Å². The van der Waals surface area contributed by atoms with Crippen molar-refractivity contribution < 1.29 is 13.5 Å². The summed E-state index contributed by atoms with van der Waals surface area (Å²) in [5.41, 5.74) is 1.79. The number of ether oxygens (including phenoxy) is 1. The zero-order valence-corrected chi connectivity index (χ0v) is 19.7. The first-order valence-corrected chi connectivity index (χ1v) is 11.5. The molecule has 0 spiro atoms. The van der Waals surface area contributed by atoms with Gasteiger partial charge in [0.25, 0.3) is 0 Å². The number of aromatic amines is 1. The third-order valence-electron chi connectivity index (χ3n) is 5.31. The Morgan fingerprint density at radius 3 is 2.74 bits per heavy atom. The predicted octanol–water partition coefficient (Wildman–Crippen LogP) is 6.22. The minimum Gasteiger partial charge on any atom is -0.494 e. The minimum absolute atomic E-state index is 0.306. The van der Waals surface area contributed by atoms with Crippen molar-refractivity contribution in [1.82, 2.24) is 24.7 Å². The third-order valence-corrected chi connectivity index (χ3v) is 5.77. The van der Waals surface area contributed by atoms with Gasteiger partial charge >= 0.3 is 0 Å². The Morgan fingerprint density at radius 2 is 2.03 bits per heavy atom. The van der Waals surface area contributed by atoms with Crippen LogP contribution >= 0.6 is 23.2 Å². The van der Waals surface area contributed by atoms with Gasteiger partial charge in [0.2, 0.25) is 5.95 Å². The lowest BCUT2D eigenvalue weighted by molar-refractivity contribution is 0.413. The van der Waals surface area contributed by atoms with Gasteiger partial charge in [0.1, 0.15) is 34.7 Å². The van der Waals surface area contributed by atoms with Gasteiger partial charge in [-0.15, -0.1) is 16.7 Å². The molecule has 0 amide bonds. The number of imidazole rings is 1. The van der Waals surface area contributed by atoms with Crippen LogP contribution in [-0.2, 0) is 0 Å². The molecule has 1 atom stereocenters. The number of anilines is 2. The summed E-state index contributed by atoms with van der Waals surface area (Å²) in [4.78, 5) is 8.54. The van der Waals surface area contributed by atoms with E-state index >= 15 is 0 Å². The van der Waals surface area contributed by atoms with E-state index in [9.17, 15) is 8.78 Å². The number of rotatable bonds is 10. The lowest BCUT2D eigenvalue weighted by Crippen LogP contribution is -2.07. The van der Waals surface area contributed by atoms with Crippen LogP contribution in [0.25, 0.3) is 5.69 Å². The van der Waals surface area contributed by atoms with Gasteiger partial charge in [-0.05, 0) is 36.6 Å². The van der Waals surface area contributed by atoms with Gasteiger partial charge in [-0.1, -0.05) is 24.1 Å². The van der Waals surface area contributed by atoms with E-state index in [4.69, 9.17) is 27.9 Å². The minimum atomic E-state index is -0.629. The molecule has 2 N–H and O–H groups in total. The topological polar surface area (TPSA) is 80.6 Å². The summed E-state index contributed by atoms with van der Waals surface area (Å²) in [6.07, 6.45) is 5.38. The van der Waals surface area contributed by atoms with Crippen LogP contribution in [0.5, 0.6) is 5.75 Å². The van der Waals surface area contributed by atoms with Crippen LogP contribution in [0, 0.1) is 11.6 Å². The third kappa shape index (κ3) is 5.48. The van der Waals surface area contributed by atoms with Crippen LogP contribution < -0.4 is 10.1 Å². The number of H-pyrrole nitrogens is 1. The van der Waals surface area contributed by atoms with E-state index < -0.39 is 17.6 Å². The first-order chi connectivity index (χ1) is 16.5. The van der Waals surface area contributed by atoms with E-state index in [1.807, 2.05) is 12.1 Å². The summed E-state index contributed by atoms with van der Waals surface area (Å²) in [6.45, 7) is 0. The highest BCUT2D eigenvalue weighted by Crippen LogP contribution is 2.32. The molecular weight excluding hydrogens is 485 g/mol. The van der Waals surface area contributed by atoms with Gasteiger partial charge < -0.3 is 14.6 Å². The van der Waals surface area contributed by atoms with E-state index in [0.717, 1.165) is 24.6 Å². The van der Waals surface area contributed by atoms with Gasteiger partial charge in [0, 0.05) is 35.8 Å². The van der Waals surface area contributed by atoms with E-state index in [1.54, 1.807) is 30.3 Å². The van der Waals surface area contributed by atoms with Gasteiger partial charge in [-0.2, -0.15) is 4.98 Å². The Bertz CT molecular complexity index is 1260. The van der Waals surface area contributed by atoms with Crippen molar-refractivity contribution in [3.05, 3.63) is 77.1 Å². The zero-order chi connectivity index (χ0) is 24.1. The highest BCUT2D eigenvalue weighted by molar-refractivity contribution is 6.29. The average molecular weight is 507 g/mol. The summed E-state index contributed by atoms with van der Waals surface area (Å²) >= 11 is 11.7. The first-order valence-electron chi connectivity index (χ1n) is 10.6. The van der Waals surface area contributed by atoms with Crippen molar-refractivity contribution in [3.8, 4) is 11.4 Å². The molecule has 0 fully saturated rings. The number of hydrogen-bond acceptors (Lipinski definition) is 5. The molecule has 0 aliphatic heterocycles. The number of aromatic nitrogens is 5. The fourth-order valence-electron chi connectivity index (χ4n) is 3.68. The molecule has 0 bridgehead atoms. The number of alkyl halides is 1. The molecule has 0 aliphatic rings. The fraction of sp³-hybridized carbons (Fsp3) is 0.261. The molecule has 0 aliphatic carbocycles. The highest BCUT2D eigenvalue weighted by Gasteiger charge is 2.22. The molecule has 2 aromatic heterocycles. The summed E-state index contributed by atoms with van der Waals surface area (Å²) in [5, 5.41) is 10.6. The van der Waals surface area contributed by atoms with Gasteiger partial charge in [0.05, 0.1) is 12.8 Å². The number of benzene rings is 2. The standard InChI is InChI=1S/C23H22Cl2F2N6O/c1-34-20-11-15(6-8-19(20)33-12-21(25)28-13-33)29-23-30-22(31-32-23)17(4-2-3-9-24)16-7-5-14(26)10-18(16)27/h5-8,10-13,17H,2-4,9H2,1H3,(H2,29,30,31,32). The molecular formula is C23H22Cl2F2N6O. The van der Waals surface area contributed by atoms with Crippen molar-refractivity contribution in [2.75, 3.05) is 18.3 Å². The van der Waals surface area contributed by atoms with Crippen LogP contribution in [0.2, 0.25) is 5.15 Å². The van der Waals surface area contributed by atoms with Crippen molar-refractivity contribution in [2.24, 2.45) is 0 Å². The number of unbranched alkanes of at least 4 members (excludes halogenated alkanes) is 1. The monoisotopic (exact) mass is 506 g/mol. The highest BCUT2D eigenvalue weighted by atomic mass is 35.5. The van der Waals surface area contributed by atoms with Crippen LogP contribution in [0.1, 0.15) is 36.6 Å². The molecule has 4 rings (SSSR count). The van der Waals surface area contributed by atoms with Gasteiger partial charge in [-0.25, -0.2) is 13.8 Å². The van der Waals surface area contributed by atoms with Crippen molar-refractivity contribution in [1.29, 1.82) is 0 Å². The Labute approximate surface area is 205 Å². The second kappa shape index (κ2) is 10.8. The van der Waals surface area contributed by atoms with Crippen LogP contribution in [0.4, 0.5) is 20.4 Å². The number of nitrogens with zero attached hydrogens (tertiary/aromatic N) is 4. The molecule has 7 nitrogen and oxygen atoms in total. The summed E-state index contributed by atoms with van der Waals surface area (Å²) < 4.78 is 35.2. The van der Waals surface area contributed by atoms with E-state index in [0.29, 0.717) is 46.2 Å². The van der Waals surface area contributed by atoms with Gasteiger partial charge in [0.15, 0.2) is 0 Å². The maximum atomic E-state index is 14.5. The molecule has 0 saturated heterocycles. The number of halogens is 4. The average Bonchev–Trinajstić information content (AvgIpc) is 3.46. The first kappa shape index (κ1) is 24.0. The zero-order valence-electron chi connectivity index (χ0n) is 18.2. The normalized spacial score (nSPS) is 12.0. The van der Waals surface area contributed by atoms with Crippen LogP contribution in [0.3, 0.4) is 0 Å². The lowest BCUT2D eigenvalue weighted by atomic mass is 9.92. The molecule has 178 valence electrons. The van der Waals surface area contributed by atoms with Crippen molar-refractivity contribution >= 4 is 34.8 Å². The van der Waals surface area contributed by atoms with Crippen molar-refractivity contribution in [2.45, 2.75) is 25.2 Å². The Morgan fingerprint density at radius 1 is 1.18 bits per heavy atom. The summed E-state index contributed by atoms with van der Waals surface area (Å²) in [6, 6.07) is 9.02. The second-order valence-corrected chi connectivity index (χ2v) is 8.33. The van der Waals surface area contributed by atoms with E-state index in [2.05, 4.69) is 25.5 Å². The summed E-state index contributed by atoms with van der Waals surface area (Å²) in [7, 11) is 1.56. The van der Waals surface area contributed by atoms with Crippen molar-refractivity contribution in [3.63, 3.8) is 0 Å². The summed E-state index contributed by atoms with van der Waals surface area (Å²) in [5.74, 6) is 0.194. The predicted molar refractivity (Wildman–Crippen MR) is 128 cm³/mol. The molecule has 11 heteroatoms. The number of nitrogens with one attached hydrogen (secondary N) is 2. The Kier molecular flexibility index (Phi) is 7.64. The quantitative estimate of drug-likeness (QED) is 0.197. The van der Waals surface area contributed by atoms with E-state index in [-0.39, 0.29) is 0 Å². The molecule has 2 aromatic carbocycles. The number of methoxy groups -OCH3 is 1. The smallest absolute Gasteiger partial charge is 0.246 e. The molecule has 2 heterocycles. The van der Waals surface area contributed by atoms with Crippen LogP contribution in [0.15, 0.2) is 48.9 Å². The maximum absolute atomic E-state index is 14.5. The SMILES string of the molecule is COc1cc(Nc2n[nH]c(C(CCCCCl)c3ccc(F)cc3F)n2)ccc1-n1cnc(Cl)c1. The Balaban J connectivity index is 1.57. The second-order valence-electron chi connectivity index (χ2n) is 7.56. The molecule has 0 saturated carbocycles. The van der Waals surface area contributed by atoms with Gasteiger partial charge in [-0.3, -0.25) is 5.10 Å². The van der Waals surface area contributed by atoms with Crippen LogP contribution in [-0.4, -0.2) is 37.7 Å². The Hall–Kier alpha value is -3.17.